The maximum atomic E-state index is 12.9. The molecule has 0 bridgehead atoms. The Kier molecular flexibility index (Phi) is 4.18. The molecule has 1 aromatic carbocycles. The number of benzene rings is 1. The van der Waals surface area contributed by atoms with Crippen LogP contribution in [0.1, 0.15) is 23.1 Å². The summed E-state index contributed by atoms with van der Waals surface area (Å²) in [6, 6.07) is 4.32. The van der Waals surface area contributed by atoms with Gasteiger partial charge in [-0.15, -0.1) is 0 Å². The van der Waals surface area contributed by atoms with Crippen molar-refractivity contribution >= 4 is 21.6 Å². The van der Waals surface area contributed by atoms with Crippen molar-refractivity contribution in [3.05, 3.63) is 41.5 Å². The molecule has 0 radical (unpaired) electrons. The third kappa shape index (κ3) is 2.93. The van der Waals surface area contributed by atoms with Gasteiger partial charge >= 0.3 is 0 Å². The number of nitrogens with two attached hydrogens (primary N) is 1. The number of anilines is 1. The van der Waals surface area contributed by atoms with E-state index in [0.717, 1.165) is 24.3 Å². The summed E-state index contributed by atoms with van der Waals surface area (Å²) < 4.78 is 41.1. The molecule has 1 amide bonds. The fourth-order valence-electron chi connectivity index (χ4n) is 1.99. The lowest BCUT2D eigenvalue weighted by Gasteiger charge is -2.09. The molecular formula is C13H15FN4O3S. The molecule has 0 aliphatic carbocycles. The Morgan fingerprint density at radius 1 is 1.36 bits per heavy atom. The number of nitrogens with zero attached hydrogens (tertiary/aromatic N) is 2. The lowest BCUT2D eigenvalue weighted by atomic mass is 10.3. The monoisotopic (exact) mass is 326 g/mol. The highest BCUT2D eigenvalue weighted by Crippen LogP contribution is 2.24. The molecule has 9 heteroatoms. The first-order valence-corrected chi connectivity index (χ1v) is 7.90. The topological polar surface area (TPSA) is 107 Å². The highest BCUT2D eigenvalue weighted by Gasteiger charge is 2.24. The highest BCUT2D eigenvalue weighted by atomic mass is 32.2. The van der Waals surface area contributed by atoms with Crippen LogP contribution in [0.15, 0.2) is 29.2 Å². The molecule has 2 aromatic rings. The predicted octanol–water partition coefficient (Wildman–Crippen LogP) is 1.25. The standard InChI is InChI=1S/C13H15FN4O3S/c1-3-18-12(13(15)19)11(8(2)16-18)17-22(20,21)10-6-4-9(14)5-7-10/h4-7,17H,3H2,1-2H3,(H2,15,19). The van der Waals surface area contributed by atoms with E-state index in [-0.39, 0.29) is 16.3 Å². The minimum absolute atomic E-state index is 0.0225. The Hall–Kier alpha value is -2.42. The van der Waals surface area contributed by atoms with Crippen molar-refractivity contribution in [2.45, 2.75) is 25.3 Å². The van der Waals surface area contributed by atoms with Crippen molar-refractivity contribution in [1.82, 2.24) is 9.78 Å². The van der Waals surface area contributed by atoms with Crippen molar-refractivity contribution in [2.24, 2.45) is 5.73 Å². The maximum absolute atomic E-state index is 12.9. The van der Waals surface area contributed by atoms with Gasteiger partial charge in [-0.3, -0.25) is 14.2 Å². The lowest BCUT2D eigenvalue weighted by molar-refractivity contribution is 0.0991. The number of sulfonamides is 1. The van der Waals surface area contributed by atoms with E-state index < -0.39 is 21.7 Å². The zero-order chi connectivity index (χ0) is 16.5. The van der Waals surface area contributed by atoms with Crippen LogP contribution in [0, 0.1) is 12.7 Å². The van der Waals surface area contributed by atoms with Crippen LogP contribution in [0.25, 0.3) is 0 Å². The van der Waals surface area contributed by atoms with Crippen LogP contribution in [0.4, 0.5) is 10.1 Å². The number of halogens is 1. The van der Waals surface area contributed by atoms with Crippen LogP contribution < -0.4 is 10.5 Å². The molecule has 0 aliphatic heterocycles. The number of primary amides is 1. The van der Waals surface area contributed by atoms with Gasteiger partial charge in [0.1, 0.15) is 17.2 Å². The molecule has 0 atom stereocenters. The molecule has 1 aromatic heterocycles. The van der Waals surface area contributed by atoms with Crippen molar-refractivity contribution in [2.75, 3.05) is 4.72 Å². The minimum atomic E-state index is -3.98. The molecule has 3 N–H and O–H groups in total. The fourth-order valence-corrected chi connectivity index (χ4v) is 3.12. The summed E-state index contributed by atoms with van der Waals surface area (Å²) in [5.41, 5.74) is 5.62. The van der Waals surface area contributed by atoms with E-state index in [4.69, 9.17) is 5.73 Å². The van der Waals surface area contributed by atoms with Crippen LogP contribution in [0.2, 0.25) is 0 Å². The van der Waals surface area contributed by atoms with Gasteiger partial charge in [-0.1, -0.05) is 0 Å². The molecule has 0 unspecified atom stereocenters. The predicted molar refractivity (Wildman–Crippen MR) is 78.4 cm³/mol. The Morgan fingerprint density at radius 3 is 2.45 bits per heavy atom. The quantitative estimate of drug-likeness (QED) is 0.862. The molecule has 0 fully saturated rings. The number of amides is 1. The third-order valence-electron chi connectivity index (χ3n) is 3.02. The van der Waals surface area contributed by atoms with Gasteiger partial charge in [0.2, 0.25) is 0 Å². The summed E-state index contributed by atoms with van der Waals surface area (Å²) in [7, 11) is -3.98. The first kappa shape index (κ1) is 16.0. The molecule has 0 aliphatic rings. The molecule has 0 saturated heterocycles. The highest BCUT2D eigenvalue weighted by molar-refractivity contribution is 7.92. The summed E-state index contributed by atoms with van der Waals surface area (Å²) in [4.78, 5) is 11.4. The van der Waals surface area contributed by atoms with E-state index >= 15 is 0 Å². The fraction of sp³-hybridized carbons (Fsp3) is 0.231. The normalized spacial score (nSPS) is 11.4. The summed E-state index contributed by atoms with van der Waals surface area (Å²) in [5.74, 6) is -1.34. The van der Waals surface area contributed by atoms with E-state index in [1.165, 1.54) is 4.68 Å². The van der Waals surface area contributed by atoms with Gasteiger partial charge in [0, 0.05) is 6.54 Å². The molecule has 1 heterocycles. The molecular weight excluding hydrogens is 311 g/mol. The van der Waals surface area contributed by atoms with Gasteiger partial charge in [-0.25, -0.2) is 12.8 Å². The second kappa shape index (κ2) is 5.76. The van der Waals surface area contributed by atoms with Crippen molar-refractivity contribution in [3.8, 4) is 0 Å². The molecule has 0 saturated carbocycles. The number of aromatic nitrogens is 2. The summed E-state index contributed by atoms with van der Waals surface area (Å²) in [5, 5.41) is 4.07. The Labute approximate surface area is 127 Å². The number of hydrogen-bond donors (Lipinski definition) is 2. The van der Waals surface area contributed by atoms with Gasteiger partial charge in [0.05, 0.1) is 10.6 Å². The van der Waals surface area contributed by atoms with Crippen molar-refractivity contribution < 1.29 is 17.6 Å². The van der Waals surface area contributed by atoms with E-state index in [0.29, 0.717) is 12.2 Å². The minimum Gasteiger partial charge on any atom is -0.364 e. The molecule has 2 rings (SSSR count). The van der Waals surface area contributed by atoms with Gasteiger partial charge < -0.3 is 5.73 Å². The van der Waals surface area contributed by atoms with Crippen LogP contribution in [-0.2, 0) is 16.6 Å². The second-order valence-electron chi connectivity index (χ2n) is 4.55. The number of aryl methyl sites for hydroxylation is 2. The van der Waals surface area contributed by atoms with Crippen molar-refractivity contribution in [3.63, 3.8) is 0 Å². The van der Waals surface area contributed by atoms with Gasteiger partial charge in [-0.2, -0.15) is 5.10 Å². The van der Waals surface area contributed by atoms with Crippen molar-refractivity contribution in [1.29, 1.82) is 0 Å². The SMILES string of the molecule is CCn1nc(C)c(NS(=O)(=O)c2ccc(F)cc2)c1C(N)=O. The molecule has 118 valence electrons. The van der Waals surface area contributed by atoms with Crippen LogP contribution in [-0.4, -0.2) is 24.1 Å². The Bertz CT molecular complexity index is 813. The van der Waals surface area contributed by atoms with Gasteiger partial charge in [0.15, 0.2) is 0 Å². The molecule has 22 heavy (non-hydrogen) atoms. The Morgan fingerprint density at radius 2 is 1.95 bits per heavy atom. The van der Waals surface area contributed by atoms with Gasteiger partial charge in [-0.05, 0) is 38.1 Å². The third-order valence-corrected chi connectivity index (χ3v) is 4.39. The number of hydrogen-bond acceptors (Lipinski definition) is 4. The first-order chi connectivity index (χ1) is 10.3. The van der Waals surface area contributed by atoms with Gasteiger partial charge in [0.25, 0.3) is 15.9 Å². The van der Waals surface area contributed by atoms with Crippen LogP contribution >= 0.6 is 0 Å². The van der Waals surface area contributed by atoms with Crippen LogP contribution in [0.5, 0.6) is 0 Å². The summed E-state index contributed by atoms with van der Waals surface area (Å²) in [6.45, 7) is 3.66. The number of carbonyl (C=O) groups excluding carboxylic acids is 1. The van der Waals surface area contributed by atoms with E-state index in [9.17, 15) is 17.6 Å². The molecule has 7 nitrogen and oxygen atoms in total. The number of nitrogens with one attached hydrogen (secondary N) is 1. The zero-order valence-corrected chi connectivity index (χ0v) is 12.8. The average Bonchev–Trinajstić information content (AvgIpc) is 2.75. The largest absolute Gasteiger partial charge is 0.364 e. The average molecular weight is 326 g/mol. The smallest absolute Gasteiger partial charge is 0.269 e. The zero-order valence-electron chi connectivity index (χ0n) is 12.0. The summed E-state index contributed by atoms with van der Waals surface area (Å²) in [6.07, 6.45) is 0. The lowest BCUT2D eigenvalue weighted by Crippen LogP contribution is -2.21. The first-order valence-electron chi connectivity index (χ1n) is 6.42. The van der Waals surface area contributed by atoms with E-state index in [1.807, 2.05) is 0 Å². The number of carbonyl (C=O) groups is 1. The Balaban J connectivity index is 2.48. The second-order valence-corrected chi connectivity index (χ2v) is 6.23. The summed E-state index contributed by atoms with van der Waals surface area (Å²) >= 11 is 0. The molecule has 0 spiro atoms. The van der Waals surface area contributed by atoms with E-state index in [2.05, 4.69) is 9.82 Å². The van der Waals surface area contributed by atoms with E-state index in [1.54, 1.807) is 13.8 Å². The number of rotatable bonds is 5. The maximum Gasteiger partial charge on any atom is 0.269 e. The van der Waals surface area contributed by atoms with Crippen LogP contribution in [0.3, 0.4) is 0 Å².